The highest BCUT2D eigenvalue weighted by Crippen LogP contribution is 2.32. The van der Waals surface area contributed by atoms with Crippen molar-refractivity contribution in [1.82, 2.24) is 9.71 Å². The van der Waals surface area contributed by atoms with Crippen molar-refractivity contribution in [2.45, 2.75) is 50.0 Å². The molecule has 0 amide bonds. The molecule has 21 heavy (non-hydrogen) atoms. The molecule has 0 bridgehead atoms. The van der Waals surface area contributed by atoms with Gasteiger partial charge in [-0.05, 0) is 26.7 Å². The summed E-state index contributed by atoms with van der Waals surface area (Å²) in [6.07, 6.45) is 2.87. The average molecular weight is 316 g/mol. The van der Waals surface area contributed by atoms with E-state index in [0.717, 1.165) is 12.8 Å². The second kappa shape index (κ2) is 5.43. The van der Waals surface area contributed by atoms with E-state index in [4.69, 9.17) is 5.11 Å². The predicted octanol–water partition coefficient (Wildman–Crippen LogP) is 0.913. The summed E-state index contributed by atoms with van der Waals surface area (Å²) < 4.78 is 27.8. The number of aliphatic hydroxyl groups excluding tert-OH is 1. The van der Waals surface area contributed by atoms with Crippen molar-refractivity contribution in [3.63, 3.8) is 0 Å². The molecule has 0 saturated heterocycles. The first kappa shape index (κ1) is 16.0. The minimum Gasteiger partial charge on any atom is -0.477 e. The number of nitrogens with one attached hydrogen (secondary N) is 2. The zero-order chi connectivity index (χ0) is 15.8. The van der Waals surface area contributed by atoms with Gasteiger partial charge in [0.2, 0.25) is 10.0 Å². The molecule has 2 rings (SSSR count). The minimum absolute atomic E-state index is 0.0420. The van der Waals surface area contributed by atoms with Crippen molar-refractivity contribution in [3.05, 3.63) is 17.0 Å². The summed E-state index contributed by atoms with van der Waals surface area (Å²) in [6, 6.07) is 0. The third-order valence-electron chi connectivity index (χ3n) is 4.07. The van der Waals surface area contributed by atoms with Crippen molar-refractivity contribution in [1.29, 1.82) is 0 Å². The number of sulfonamides is 1. The second-order valence-electron chi connectivity index (χ2n) is 5.64. The van der Waals surface area contributed by atoms with Gasteiger partial charge in [0.05, 0.1) is 12.1 Å². The Kier molecular flexibility index (Phi) is 4.14. The van der Waals surface area contributed by atoms with E-state index in [2.05, 4.69) is 9.71 Å². The fraction of sp³-hybridized carbons (Fsp3) is 0.615. The largest absolute Gasteiger partial charge is 0.477 e. The molecule has 1 fully saturated rings. The number of aromatic amines is 1. The van der Waals surface area contributed by atoms with Gasteiger partial charge in [0.25, 0.3) is 0 Å². The SMILES string of the molecule is Cc1[nH]c(C(=O)O)c(C)c1S(=O)(=O)NC1(CO)CCCC1. The van der Waals surface area contributed by atoms with E-state index in [9.17, 15) is 18.3 Å². The second-order valence-corrected chi connectivity index (χ2v) is 7.25. The molecular weight excluding hydrogens is 296 g/mol. The zero-order valence-corrected chi connectivity index (χ0v) is 12.9. The first-order chi connectivity index (χ1) is 9.72. The molecule has 1 heterocycles. The van der Waals surface area contributed by atoms with Crippen molar-refractivity contribution in [3.8, 4) is 0 Å². The fourth-order valence-electron chi connectivity index (χ4n) is 3.03. The first-order valence-corrected chi connectivity index (χ1v) is 8.28. The molecule has 1 aliphatic rings. The lowest BCUT2D eigenvalue weighted by atomic mass is 10.0. The van der Waals surface area contributed by atoms with Crippen LogP contribution in [0.15, 0.2) is 4.90 Å². The molecule has 1 saturated carbocycles. The molecule has 0 aliphatic heterocycles. The van der Waals surface area contributed by atoms with E-state index in [1.807, 2.05) is 0 Å². The van der Waals surface area contributed by atoms with Crippen LogP contribution in [0.1, 0.15) is 47.4 Å². The molecule has 7 nitrogen and oxygen atoms in total. The number of hydrogen-bond acceptors (Lipinski definition) is 4. The lowest BCUT2D eigenvalue weighted by molar-refractivity contribution is 0.0690. The Balaban J connectivity index is 2.43. The molecule has 0 spiro atoms. The van der Waals surface area contributed by atoms with Gasteiger partial charge in [0.1, 0.15) is 10.6 Å². The van der Waals surface area contributed by atoms with E-state index in [1.165, 1.54) is 13.8 Å². The number of H-pyrrole nitrogens is 1. The highest BCUT2D eigenvalue weighted by atomic mass is 32.2. The van der Waals surface area contributed by atoms with Crippen LogP contribution in [0.3, 0.4) is 0 Å². The summed E-state index contributed by atoms with van der Waals surface area (Å²) >= 11 is 0. The molecular formula is C13H20N2O5S. The quantitative estimate of drug-likeness (QED) is 0.644. The van der Waals surface area contributed by atoms with Gasteiger partial charge >= 0.3 is 5.97 Å². The number of hydrogen-bond donors (Lipinski definition) is 4. The maximum atomic E-state index is 12.6. The van der Waals surface area contributed by atoms with Crippen LogP contribution < -0.4 is 4.72 Å². The number of aromatic carboxylic acids is 1. The van der Waals surface area contributed by atoms with Crippen LogP contribution >= 0.6 is 0 Å². The summed E-state index contributed by atoms with van der Waals surface area (Å²) in [7, 11) is -3.89. The maximum absolute atomic E-state index is 12.6. The predicted molar refractivity (Wildman–Crippen MR) is 75.8 cm³/mol. The first-order valence-electron chi connectivity index (χ1n) is 6.80. The third-order valence-corrected chi connectivity index (χ3v) is 5.92. The zero-order valence-electron chi connectivity index (χ0n) is 12.1. The third kappa shape index (κ3) is 2.83. The summed E-state index contributed by atoms with van der Waals surface area (Å²) in [5, 5.41) is 18.6. The van der Waals surface area contributed by atoms with Crippen LogP contribution in [0.2, 0.25) is 0 Å². The Labute approximate surface area is 123 Å². The molecule has 118 valence electrons. The Bertz CT molecular complexity index is 656. The van der Waals surface area contributed by atoms with Crippen LogP contribution in [0.5, 0.6) is 0 Å². The van der Waals surface area contributed by atoms with Crippen LogP contribution in [0.25, 0.3) is 0 Å². The molecule has 0 aromatic carbocycles. The van der Waals surface area contributed by atoms with Gasteiger partial charge in [-0.2, -0.15) is 0 Å². The van der Waals surface area contributed by atoms with Crippen molar-refractivity contribution in [2.24, 2.45) is 0 Å². The van der Waals surface area contributed by atoms with Gasteiger partial charge in [0.15, 0.2) is 0 Å². The molecule has 1 aliphatic carbocycles. The lowest BCUT2D eigenvalue weighted by Gasteiger charge is -2.27. The number of carboxylic acids is 1. The highest BCUT2D eigenvalue weighted by molar-refractivity contribution is 7.89. The Morgan fingerprint density at radius 1 is 1.33 bits per heavy atom. The van der Waals surface area contributed by atoms with Crippen LogP contribution in [-0.2, 0) is 10.0 Å². The Morgan fingerprint density at radius 2 is 1.90 bits per heavy atom. The number of aliphatic hydroxyl groups is 1. The average Bonchev–Trinajstić information content (AvgIpc) is 2.94. The van der Waals surface area contributed by atoms with Gasteiger partial charge < -0.3 is 15.2 Å². The van der Waals surface area contributed by atoms with E-state index in [-0.39, 0.29) is 28.5 Å². The fourth-order valence-corrected chi connectivity index (χ4v) is 4.93. The minimum atomic E-state index is -3.89. The smallest absolute Gasteiger partial charge is 0.352 e. The number of aromatic nitrogens is 1. The lowest BCUT2D eigenvalue weighted by Crippen LogP contribution is -2.49. The summed E-state index contributed by atoms with van der Waals surface area (Å²) in [5.74, 6) is -1.20. The van der Waals surface area contributed by atoms with E-state index < -0.39 is 21.5 Å². The molecule has 8 heteroatoms. The number of aryl methyl sites for hydroxylation is 1. The molecule has 0 unspecified atom stereocenters. The van der Waals surface area contributed by atoms with E-state index >= 15 is 0 Å². The molecule has 4 N–H and O–H groups in total. The Hall–Kier alpha value is -1.38. The van der Waals surface area contributed by atoms with E-state index in [0.29, 0.717) is 12.8 Å². The molecule has 1 aromatic heterocycles. The molecule has 0 atom stereocenters. The van der Waals surface area contributed by atoms with Crippen LogP contribution in [-0.4, -0.2) is 41.7 Å². The molecule has 1 aromatic rings. The number of rotatable bonds is 5. The van der Waals surface area contributed by atoms with Gasteiger partial charge in [-0.15, -0.1) is 0 Å². The van der Waals surface area contributed by atoms with E-state index in [1.54, 1.807) is 0 Å². The number of carboxylic acid groups (broad SMARTS) is 1. The van der Waals surface area contributed by atoms with Crippen molar-refractivity contribution < 1.29 is 23.4 Å². The summed E-state index contributed by atoms with van der Waals surface area (Å²) in [5.41, 5.74) is -0.502. The molecule has 0 radical (unpaired) electrons. The van der Waals surface area contributed by atoms with Crippen LogP contribution in [0.4, 0.5) is 0 Å². The summed E-state index contributed by atoms with van der Waals surface area (Å²) in [6.45, 7) is 2.72. The topological polar surface area (TPSA) is 119 Å². The summed E-state index contributed by atoms with van der Waals surface area (Å²) in [4.78, 5) is 13.6. The van der Waals surface area contributed by atoms with Crippen LogP contribution in [0, 0.1) is 13.8 Å². The van der Waals surface area contributed by atoms with Gasteiger partial charge in [-0.1, -0.05) is 12.8 Å². The van der Waals surface area contributed by atoms with Gasteiger partial charge in [-0.3, -0.25) is 0 Å². The monoisotopic (exact) mass is 316 g/mol. The normalized spacial score (nSPS) is 18.0. The van der Waals surface area contributed by atoms with Crippen molar-refractivity contribution in [2.75, 3.05) is 6.61 Å². The highest BCUT2D eigenvalue weighted by Gasteiger charge is 2.39. The number of carbonyl (C=O) groups is 1. The standard InChI is InChI=1S/C13H20N2O5S/c1-8-10(12(17)18)14-9(2)11(8)21(19,20)15-13(7-16)5-3-4-6-13/h14-16H,3-7H2,1-2H3,(H,17,18). The van der Waals surface area contributed by atoms with Crippen molar-refractivity contribution >= 4 is 16.0 Å². The maximum Gasteiger partial charge on any atom is 0.352 e. The van der Waals surface area contributed by atoms with Gasteiger partial charge in [-0.25, -0.2) is 17.9 Å². The Morgan fingerprint density at radius 3 is 2.33 bits per heavy atom. The van der Waals surface area contributed by atoms with Gasteiger partial charge in [0, 0.05) is 11.3 Å².